The zero-order valence-corrected chi connectivity index (χ0v) is 21.5. The van der Waals surface area contributed by atoms with Gasteiger partial charge < -0.3 is 15.3 Å². The summed E-state index contributed by atoms with van der Waals surface area (Å²) in [6.07, 6.45) is 2.39. The third-order valence-corrected chi connectivity index (χ3v) is 7.33. The molecule has 2 aromatic rings. The predicted octanol–water partition coefficient (Wildman–Crippen LogP) is 5.62. The Balaban J connectivity index is 1.68. The first kappa shape index (κ1) is 26.5. The molecule has 1 fully saturated rings. The van der Waals surface area contributed by atoms with Gasteiger partial charge in [0.15, 0.2) is 0 Å². The minimum Gasteiger partial charge on any atom is -0.395 e. The molecule has 0 radical (unpaired) electrons. The molecule has 1 aliphatic rings. The molecule has 0 aromatic heterocycles. The summed E-state index contributed by atoms with van der Waals surface area (Å²) in [5.41, 5.74) is 5.00. The van der Waals surface area contributed by atoms with E-state index in [0.29, 0.717) is 22.1 Å². The number of amides is 1. The molecule has 4 nitrogen and oxygen atoms in total. The highest BCUT2D eigenvalue weighted by Crippen LogP contribution is 2.29. The van der Waals surface area contributed by atoms with Crippen molar-refractivity contribution in [3.63, 3.8) is 0 Å². The molecule has 2 aromatic carbocycles. The molecule has 1 unspecified atom stereocenters. The number of piperidine rings is 1. The predicted molar refractivity (Wildman–Crippen MR) is 137 cm³/mol. The lowest BCUT2D eigenvalue weighted by Gasteiger charge is -2.31. The topological polar surface area (TPSA) is 52.6 Å². The van der Waals surface area contributed by atoms with Crippen LogP contribution in [-0.2, 0) is 0 Å². The van der Waals surface area contributed by atoms with Crippen LogP contribution in [0, 0.1) is 20.8 Å². The molecule has 34 heavy (non-hydrogen) atoms. The van der Waals surface area contributed by atoms with Gasteiger partial charge in [-0.2, -0.15) is 0 Å². The van der Waals surface area contributed by atoms with Crippen LogP contribution in [0.25, 0.3) is 6.08 Å². The maximum absolute atomic E-state index is 13.9. The fraction of sp³-hybridized carbons (Fsp3) is 0.444. The first-order valence-electron chi connectivity index (χ1n) is 11.7. The number of rotatable bonds is 8. The van der Waals surface area contributed by atoms with Gasteiger partial charge in [0.05, 0.1) is 18.1 Å². The highest BCUT2D eigenvalue weighted by atomic mass is 79.9. The summed E-state index contributed by atoms with van der Waals surface area (Å²) in [6.45, 7) is 8.39. The van der Waals surface area contributed by atoms with Crippen LogP contribution in [0.5, 0.6) is 0 Å². The second-order valence-corrected chi connectivity index (χ2v) is 9.91. The Hall–Kier alpha value is -2.09. The van der Waals surface area contributed by atoms with E-state index in [4.69, 9.17) is 5.11 Å². The number of nitrogens with one attached hydrogen (secondary N) is 1. The van der Waals surface area contributed by atoms with Crippen molar-refractivity contribution in [2.75, 3.05) is 26.2 Å². The van der Waals surface area contributed by atoms with Crippen LogP contribution in [0.4, 0.5) is 8.78 Å². The summed E-state index contributed by atoms with van der Waals surface area (Å²) in [4.78, 5) is 15.0. The summed E-state index contributed by atoms with van der Waals surface area (Å²) in [5.74, 6) is -1.16. The van der Waals surface area contributed by atoms with Crippen molar-refractivity contribution < 1.29 is 18.7 Å². The summed E-state index contributed by atoms with van der Waals surface area (Å²) in [7, 11) is 0. The maximum atomic E-state index is 13.9. The summed E-state index contributed by atoms with van der Waals surface area (Å²) >= 11 is 3.47. The molecule has 0 spiro atoms. The van der Waals surface area contributed by atoms with E-state index in [2.05, 4.69) is 26.1 Å². The SMILES string of the molecule is Cc1cc(C(/C=C/c2ccc(C(=O)NC3CCN(CCO)CC3)c(Br)c2)C(F)F)cc(C)c1C. The molecule has 1 aliphatic heterocycles. The van der Waals surface area contributed by atoms with Crippen LogP contribution in [0.2, 0.25) is 0 Å². The Kier molecular flexibility index (Phi) is 9.39. The van der Waals surface area contributed by atoms with E-state index in [-0.39, 0.29) is 18.6 Å². The van der Waals surface area contributed by atoms with Gasteiger partial charge in [0, 0.05) is 30.1 Å². The summed E-state index contributed by atoms with van der Waals surface area (Å²) in [6, 6.07) is 9.04. The third kappa shape index (κ3) is 6.74. The monoisotopic (exact) mass is 534 g/mol. The van der Waals surface area contributed by atoms with Crippen molar-refractivity contribution in [2.24, 2.45) is 0 Å². The van der Waals surface area contributed by atoms with Gasteiger partial charge in [-0.05, 0) is 89.5 Å². The number of halogens is 3. The van der Waals surface area contributed by atoms with Crippen LogP contribution in [-0.4, -0.2) is 54.6 Å². The fourth-order valence-corrected chi connectivity index (χ4v) is 4.92. The number of carbonyl (C=O) groups is 1. The van der Waals surface area contributed by atoms with Crippen molar-refractivity contribution >= 4 is 27.9 Å². The molecule has 184 valence electrons. The lowest BCUT2D eigenvalue weighted by molar-refractivity contribution is 0.0902. The third-order valence-electron chi connectivity index (χ3n) is 6.68. The van der Waals surface area contributed by atoms with Gasteiger partial charge in [0.1, 0.15) is 0 Å². The number of allylic oxidation sites excluding steroid dienone is 1. The molecule has 7 heteroatoms. The van der Waals surface area contributed by atoms with Crippen LogP contribution >= 0.6 is 15.9 Å². The smallest absolute Gasteiger partial charge is 0.252 e. The largest absolute Gasteiger partial charge is 0.395 e. The van der Waals surface area contributed by atoms with Gasteiger partial charge in [-0.15, -0.1) is 0 Å². The second-order valence-electron chi connectivity index (χ2n) is 9.05. The fourth-order valence-electron chi connectivity index (χ4n) is 4.34. The van der Waals surface area contributed by atoms with Crippen molar-refractivity contribution in [3.8, 4) is 0 Å². The first-order valence-corrected chi connectivity index (χ1v) is 12.5. The highest BCUT2D eigenvalue weighted by molar-refractivity contribution is 9.10. The van der Waals surface area contributed by atoms with E-state index in [1.807, 2.05) is 32.9 Å². The molecule has 2 N–H and O–H groups in total. The standard InChI is InChI=1S/C27H33BrF2N2O2/c1-17-14-21(15-18(2)19(17)3)23(26(29)30)6-4-20-5-7-24(25(28)16-20)27(34)31-22-8-10-32(11-9-22)12-13-33/h4-7,14-16,22-23,26,33H,8-13H2,1-3H3,(H,31,34)/b6-4+. The van der Waals surface area contributed by atoms with Crippen molar-refractivity contribution in [1.82, 2.24) is 10.2 Å². The molecule has 3 rings (SSSR count). The molecular weight excluding hydrogens is 502 g/mol. The Labute approximate surface area is 209 Å². The van der Waals surface area contributed by atoms with E-state index in [0.717, 1.165) is 48.2 Å². The quantitative estimate of drug-likeness (QED) is 0.461. The first-order chi connectivity index (χ1) is 16.2. The van der Waals surface area contributed by atoms with Crippen LogP contribution in [0.1, 0.15) is 56.9 Å². The second kappa shape index (κ2) is 12.0. The summed E-state index contributed by atoms with van der Waals surface area (Å²) in [5, 5.41) is 12.1. The average molecular weight is 535 g/mol. The minimum absolute atomic E-state index is 0.0992. The Morgan fingerprint density at radius 3 is 2.38 bits per heavy atom. The number of β-amino-alcohol motifs (C(OH)–C–C–N with tert-alkyl or cyclic N) is 1. The number of hydrogen-bond acceptors (Lipinski definition) is 3. The minimum atomic E-state index is -2.52. The van der Waals surface area contributed by atoms with Gasteiger partial charge in [-0.25, -0.2) is 8.78 Å². The van der Waals surface area contributed by atoms with Crippen molar-refractivity contribution in [1.29, 1.82) is 0 Å². The van der Waals surface area contributed by atoms with E-state index < -0.39 is 12.3 Å². The number of likely N-dealkylation sites (tertiary alicyclic amines) is 1. The number of nitrogens with zero attached hydrogens (tertiary/aromatic N) is 1. The number of hydrogen-bond donors (Lipinski definition) is 2. The maximum Gasteiger partial charge on any atom is 0.252 e. The Morgan fingerprint density at radius 2 is 1.82 bits per heavy atom. The molecule has 0 aliphatic carbocycles. The van der Waals surface area contributed by atoms with Gasteiger partial charge in [-0.3, -0.25) is 4.79 Å². The molecule has 1 atom stereocenters. The van der Waals surface area contributed by atoms with Crippen LogP contribution in [0.15, 0.2) is 40.9 Å². The number of alkyl halides is 2. The van der Waals surface area contributed by atoms with Crippen LogP contribution in [0.3, 0.4) is 0 Å². The number of aliphatic hydroxyl groups is 1. The Morgan fingerprint density at radius 1 is 1.18 bits per heavy atom. The number of aliphatic hydroxyl groups excluding tert-OH is 1. The molecule has 0 saturated carbocycles. The van der Waals surface area contributed by atoms with Gasteiger partial charge in [0.2, 0.25) is 6.43 Å². The zero-order chi connectivity index (χ0) is 24.8. The summed E-state index contributed by atoms with van der Waals surface area (Å²) < 4.78 is 28.3. The van der Waals surface area contributed by atoms with Gasteiger partial charge in [0.25, 0.3) is 5.91 Å². The molecule has 1 amide bonds. The molecule has 1 saturated heterocycles. The van der Waals surface area contributed by atoms with E-state index >= 15 is 0 Å². The number of benzene rings is 2. The number of aryl methyl sites for hydroxylation is 2. The van der Waals surface area contributed by atoms with Gasteiger partial charge >= 0.3 is 0 Å². The lowest BCUT2D eigenvalue weighted by Crippen LogP contribution is -2.45. The molecular formula is C27H33BrF2N2O2. The lowest BCUT2D eigenvalue weighted by atomic mass is 9.92. The van der Waals surface area contributed by atoms with E-state index in [1.54, 1.807) is 24.3 Å². The van der Waals surface area contributed by atoms with Crippen molar-refractivity contribution in [3.05, 3.63) is 74.3 Å². The van der Waals surface area contributed by atoms with E-state index in [9.17, 15) is 13.6 Å². The van der Waals surface area contributed by atoms with E-state index in [1.165, 1.54) is 6.08 Å². The zero-order valence-electron chi connectivity index (χ0n) is 20.0. The van der Waals surface area contributed by atoms with Crippen molar-refractivity contribution in [2.45, 2.75) is 52.0 Å². The normalized spacial score (nSPS) is 16.4. The average Bonchev–Trinajstić information content (AvgIpc) is 2.78. The highest BCUT2D eigenvalue weighted by Gasteiger charge is 2.22. The molecule has 1 heterocycles. The molecule has 0 bridgehead atoms. The van der Waals surface area contributed by atoms with Gasteiger partial charge in [-0.1, -0.05) is 30.4 Å². The Bertz CT molecular complexity index is 1010. The number of carbonyl (C=O) groups excluding carboxylic acids is 1. The van der Waals surface area contributed by atoms with Crippen LogP contribution < -0.4 is 5.32 Å².